The number of nitrogen functional groups attached to an aromatic ring is 1. The molecule has 1 aromatic carbocycles. The molecule has 0 fully saturated rings. The molecule has 0 bridgehead atoms. The van der Waals surface area contributed by atoms with E-state index < -0.39 is 5.56 Å². The zero-order valence-electron chi connectivity index (χ0n) is 9.99. The summed E-state index contributed by atoms with van der Waals surface area (Å²) in [6, 6.07) is 4.36. The number of H-pyrrole nitrogens is 2. The first kappa shape index (κ1) is 11.4. The lowest BCUT2D eigenvalue weighted by Gasteiger charge is -2.01. The lowest BCUT2D eigenvalue weighted by Crippen LogP contribution is -2.10. The molecule has 3 rings (SSSR count). The fourth-order valence-electron chi connectivity index (χ4n) is 1.90. The van der Waals surface area contributed by atoms with Crippen LogP contribution in [0.3, 0.4) is 0 Å². The number of nitrogens with one attached hydrogen (secondary N) is 2. The largest absolute Gasteiger partial charge is 0.369 e. The van der Waals surface area contributed by atoms with E-state index in [1.165, 1.54) is 12.1 Å². The van der Waals surface area contributed by atoms with Crippen molar-refractivity contribution in [2.75, 3.05) is 5.73 Å². The van der Waals surface area contributed by atoms with Crippen molar-refractivity contribution < 1.29 is 4.39 Å². The Balaban J connectivity index is 2.29. The van der Waals surface area contributed by atoms with E-state index in [0.717, 1.165) is 5.56 Å². The van der Waals surface area contributed by atoms with Crippen molar-refractivity contribution in [1.82, 2.24) is 19.9 Å². The Morgan fingerprint density at radius 3 is 2.84 bits per heavy atom. The maximum absolute atomic E-state index is 13.3. The summed E-state index contributed by atoms with van der Waals surface area (Å²) >= 11 is 0. The Bertz CT molecular complexity index is 836. The summed E-state index contributed by atoms with van der Waals surface area (Å²) in [6.07, 6.45) is 0. The van der Waals surface area contributed by atoms with Gasteiger partial charge < -0.3 is 10.7 Å². The van der Waals surface area contributed by atoms with Crippen LogP contribution in [-0.4, -0.2) is 19.9 Å². The molecule has 0 aliphatic carbocycles. The monoisotopic (exact) mass is 259 g/mol. The van der Waals surface area contributed by atoms with E-state index >= 15 is 0 Å². The van der Waals surface area contributed by atoms with Crippen LogP contribution < -0.4 is 11.3 Å². The second kappa shape index (κ2) is 3.91. The first-order chi connectivity index (χ1) is 9.04. The maximum Gasteiger partial charge on any atom is 0.278 e. The van der Waals surface area contributed by atoms with E-state index in [0.29, 0.717) is 11.4 Å². The number of fused-ring (bicyclic) bond motifs is 1. The summed E-state index contributed by atoms with van der Waals surface area (Å²) in [5.41, 5.74) is 6.88. The highest BCUT2D eigenvalue weighted by Crippen LogP contribution is 2.22. The number of halogens is 1. The van der Waals surface area contributed by atoms with Crippen LogP contribution in [0.15, 0.2) is 23.0 Å². The molecule has 4 N–H and O–H groups in total. The number of hydrogen-bond donors (Lipinski definition) is 3. The number of aryl methyl sites for hydroxylation is 1. The van der Waals surface area contributed by atoms with Gasteiger partial charge in [-0.2, -0.15) is 4.98 Å². The number of anilines is 1. The van der Waals surface area contributed by atoms with Gasteiger partial charge in [0, 0.05) is 5.56 Å². The molecule has 0 spiro atoms. The molecule has 0 saturated heterocycles. The van der Waals surface area contributed by atoms with Crippen LogP contribution in [-0.2, 0) is 0 Å². The fraction of sp³-hybridized carbons (Fsp3) is 0.0833. The standard InChI is InChI=1S/C12H10FN5O/c1-5-2-3-6(13)4-7(5)9-15-8-10(16-9)17-12(14)18-11(8)19/h2-4H,1H3,(H4,14,15,16,17,18,19). The van der Waals surface area contributed by atoms with Crippen LogP contribution in [0.1, 0.15) is 5.56 Å². The van der Waals surface area contributed by atoms with Crippen molar-refractivity contribution in [3.8, 4) is 11.4 Å². The van der Waals surface area contributed by atoms with Gasteiger partial charge in [-0.1, -0.05) is 6.07 Å². The maximum atomic E-state index is 13.3. The predicted molar refractivity (Wildman–Crippen MR) is 69.1 cm³/mol. The predicted octanol–water partition coefficient (Wildman–Crippen LogP) is 1.34. The highest BCUT2D eigenvalue weighted by molar-refractivity contribution is 5.76. The molecule has 3 aromatic rings. The topological polar surface area (TPSA) is 100 Å². The molecule has 19 heavy (non-hydrogen) atoms. The summed E-state index contributed by atoms with van der Waals surface area (Å²) in [5, 5.41) is 0. The van der Waals surface area contributed by atoms with Crippen LogP contribution in [0.4, 0.5) is 10.3 Å². The molecule has 0 aliphatic heterocycles. The van der Waals surface area contributed by atoms with Gasteiger partial charge in [0.15, 0.2) is 11.2 Å². The molecule has 0 aliphatic rings. The van der Waals surface area contributed by atoms with Gasteiger partial charge in [-0.25, -0.2) is 9.37 Å². The molecular weight excluding hydrogens is 249 g/mol. The Labute approximate surface area is 106 Å². The van der Waals surface area contributed by atoms with Crippen molar-refractivity contribution in [3.05, 3.63) is 39.9 Å². The highest BCUT2D eigenvalue weighted by atomic mass is 19.1. The minimum Gasteiger partial charge on any atom is -0.369 e. The third-order valence-electron chi connectivity index (χ3n) is 2.83. The van der Waals surface area contributed by atoms with Gasteiger partial charge in [0.25, 0.3) is 5.56 Å². The zero-order valence-corrected chi connectivity index (χ0v) is 9.99. The van der Waals surface area contributed by atoms with Gasteiger partial charge in [-0.05, 0) is 24.6 Å². The third-order valence-corrected chi connectivity index (χ3v) is 2.83. The fourth-order valence-corrected chi connectivity index (χ4v) is 1.90. The lowest BCUT2D eigenvalue weighted by molar-refractivity contribution is 0.628. The molecule has 0 amide bonds. The first-order valence-electron chi connectivity index (χ1n) is 5.56. The zero-order chi connectivity index (χ0) is 13.6. The molecule has 96 valence electrons. The van der Waals surface area contributed by atoms with E-state index in [1.54, 1.807) is 6.07 Å². The minimum absolute atomic E-state index is 0.00786. The van der Waals surface area contributed by atoms with Gasteiger partial charge in [-0.3, -0.25) is 9.78 Å². The smallest absolute Gasteiger partial charge is 0.278 e. The quantitative estimate of drug-likeness (QED) is 0.614. The van der Waals surface area contributed by atoms with E-state index in [2.05, 4.69) is 19.9 Å². The average molecular weight is 259 g/mol. The van der Waals surface area contributed by atoms with Crippen molar-refractivity contribution in [2.24, 2.45) is 0 Å². The van der Waals surface area contributed by atoms with Crippen LogP contribution >= 0.6 is 0 Å². The van der Waals surface area contributed by atoms with Gasteiger partial charge in [-0.15, -0.1) is 0 Å². The molecule has 2 aromatic heterocycles. The van der Waals surface area contributed by atoms with Crippen LogP contribution in [0.25, 0.3) is 22.6 Å². The number of nitrogens with two attached hydrogens (primary N) is 1. The second-order valence-corrected chi connectivity index (χ2v) is 4.19. The van der Waals surface area contributed by atoms with E-state index in [4.69, 9.17) is 5.73 Å². The summed E-state index contributed by atoms with van der Waals surface area (Å²) in [7, 11) is 0. The van der Waals surface area contributed by atoms with Crippen LogP contribution in [0, 0.1) is 12.7 Å². The Hall–Kier alpha value is -2.70. The summed E-state index contributed by atoms with van der Waals surface area (Å²) in [5.74, 6) is 0.00422. The first-order valence-corrected chi connectivity index (χ1v) is 5.56. The van der Waals surface area contributed by atoms with Crippen molar-refractivity contribution in [3.63, 3.8) is 0 Å². The normalized spacial score (nSPS) is 11.1. The van der Waals surface area contributed by atoms with Crippen molar-refractivity contribution >= 4 is 17.1 Å². The number of aromatic amines is 2. The summed E-state index contributed by atoms with van der Waals surface area (Å²) < 4.78 is 13.3. The second-order valence-electron chi connectivity index (χ2n) is 4.19. The number of aromatic nitrogens is 4. The number of nitrogens with zero attached hydrogens (tertiary/aromatic N) is 2. The van der Waals surface area contributed by atoms with Crippen molar-refractivity contribution in [2.45, 2.75) is 6.92 Å². The van der Waals surface area contributed by atoms with E-state index in [9.17, 15) is 9.18 Å². The van der Waals surface area contributed by atoms with Gasteiger partial charge >= 0.3 is 0 Å². The molecule has 7 heteroatoms. The SMILES string of the molecule is Cc1ccc(F)cc1-c1nc2nc(N)[nH]c(=O)c2[nH]1. The molecule has 0 saturated carbocycles. The summed E-state index contributed by atoms with van der Waals surface area (Å²) in [6.45, 7) is 1.83. The molecule has 6 nitrogen and oxygen atoms in total. The van der Waals surface area contributed by atoms with Gasteiger partial charge in [0.2, 0.25) is 5.95 Å². The number of hydrogen-bond acceptors (Lipinski definition) is 4. The Morgan fingerprint density at radius 2 is 2.05 bits per heavy atom. The minimum atomic E-state index is -0.407. The van der Waals surface area contributed by atoms with E-state index in [-0.39, 0.29) is 22.9 Å². The van der Waals surface area contributed by atoms with Crippen LogP contribution in [0.2, 0.25) is 0 Å². The Morgan fingerprint density at radius 1 is 1.26 bits per heavy atom. The van der Waals surface area contributed by atoms with Crippen molar-refractivity contribution in [1.29, 1.82) is 0 Å². The van der Waals surface area contributed by atoms with Crippen LogP contribution in [0.5, 0.6) is 0 Å². The average Bonchev–Trinajstić information content (AvgIpc) is 2.76. The number of rotatable bonds is 1. The van der Waals surface area contributed by atoms with Gasteiger partial charge in [0.05, 0.1) is 0 Å². The molecule has 0 atom stereocenters. The third kappa shape index (κ3) is 1.85. The number of imidazole rings is 1. The molecular formula is C12H10FN5O. The number of benzene rings is 1. The highest BCUT2D eigenvalue weighted by Gasteiger charge is 2.12. The Kier molecular flexibility index (Phi) is 2.34. The van der Waals surface area contributed by atoms with E-state index in [1.807, 2.05) is 6.92 Å². The molecule has 0 unspecified atom stereocenters. The molecule has 0 radical (unpaired) electrons. The van der Waals surface area contributed by atoms with Gasteiger partial charge in [0.1, 0.15) is 11.6 Å². The lowest BCUT2D eigenvalue weighted by atomic mass is 10.1. The summed E-state index contributed by atoms with van der Waals surface area (Å²) in [4.78, 5) is 25.0. The molecule has 2 heterocycles.